The van der Waals surface area contributed by atoms with Crippen molar-refractivity contribution in [3.8, 4) is 0 Å². The Hall–Kier alpha value is -3.87. The smallest absolute Gasteiger partial charge is 0.267 e. The van der Waals surface area contributed by atoms with Crippen LogP contribution >= 0.6 is 0 Å². The summed E-state index contributed by atoms with van der Waals surface area (Å²) in [6.07, 6.45) is 17.6. The molecule has 0 saturated carbocycles. The highest BCUT2D eigenvalue weighted by molar-refractivity contribution is 6.42. The average Bonchev–Trinajstić information content (AvgIpc) is 2.66. The molecule has 0 atom stereocenters. The molecule has 0 radical (unpaired) electrons. The summed E-state index contributed by atoms with van der Waals surface area (Å²) in [5.41, 5.74) is 7.26. The van der Waals surface area contributed by atoms with Gasteiger partial charge in [-0.05, 0) is 17.2 Å². The Morgan fingerprint density at radius 1 is 1.00 bits per heavy atom. The van der Waals surface area contributed by atoms with E-state index in [0.29, 0.717) is 0 Å². The molecule has 0 aromatic heterocycles. The maximum absolute atomic E-state index is 11.3. The van der Waals surface area contributed by atoms with Gasteiger partial charge in [0.25, 0.3) is 5.91 Å². The number of nitrogens with two attached hydrogens (primary N) is 1. The van der Waals surface area contributed by atoms with Crippen molar-refractivity contribution < 1.29 is 9.53 Å². The van der Waals surface area contributed by atoms with E-state index in [1.165, 1.54) is 31.1 Å². The van der Waals surface area contributed by atoms with Gasteiger partial charge in [-0.25, -0.2) is 15.0 Å². The van der Waals surface area contributed by atoms with Gasteiger partial charge in [-0.1, -0.05) is 42.5 Å². The fraction of sp³-hybridized carbons (Fsp3) is 0.0500. The molecule has 0 unspecified atom stereocenters. The minimum atomic E-state index is -0.682. The van der Waals surface area contributed by atoms with Crippen molar-refractivity contribution in [1.29, 1.82) is 0 Å². The Bertz CT molecular complexity index is 874. The molecule has 0 bridgehead atoms. The van der Waals surface area contributed by atoms with Crippen molar-refractivity contribution >= 4 is 36.5 Å². The van der Waals surface area contributed by atoms with E-state index < -0.39 is 5.91 Å². The lowest BCUT2D eigenvalue weighted by Gasteiger charge is -2.00. The zero-order valence-corrected chi connectivity index (χ0v) is 14.6. The van der Waals surface area contributed by atoms with Crippen LogP contribution < -0.4 is 5.73 Å². The lowest BCUT2D eigenvalue weighted by molar-refractivity contribution is -0.111. The predicted octanol–water partition coefficient (Wildman–Crippen LogP) is 2.67. The quantitative estimate of drug-likeness (QED) is 0.831. The first-order chi connectivity index (χ1) is 13.3. The first kappa shape index (κ1) is 19.5. The van der Waals surface area contributed by atoms with Crippen LogP contribution in [0.2, 0.25) is 0 Å². The standard InChI is InChI=1S/C20H19N5O2/c21-20(26)19-9-13-27-16-24-14-18-8-4-3-7-17(18)6-2-1-5-10-22-15-23-11-12-25-19/h1-15H,16H2,(H2,21,26). The second-order valence-electron chi connectivity index (χ2n) is 5.02. The Labute approximate surface area is 157 Å². The Kier molecular flexibility index (Phi) is 8.39. The number of benzene rings is 1. The van der Waals surface area contributed by atoms with Crippen LogP contribution in [0.25, 0.3) is 6.08 Å². The second-order valence-corrected chi connectivity index (χ2v) is 5.02. The topological polar surface area (TPSA) is 102 Å². The summed E-state index contributed by atoms with van der Waals surface area (Å²) in [5, 5.41) is 0. The first-order valence-electron chi connectivity index (χ1n) is 8.05. The molecular weight excluding hydrogens is 342 g/mol. The number of aliphatic imine (C=N–C) groups is 4. The number of allylic oxidation sites excluding steroid dienone is 3. The fourth-order valence-electron chi connectivity index (χ4n) is 1.89. The average molecular weight is 361 g/mol. The third-order valence-electron chi connectivity index (χ3n) is 3.12. The minimum Gasteiger partial charge on any atom is -0.479 e. The van der Waals surface area contributed by atoms with Crippen LogP contribution in [-0.4, -0.2) is 37.1 Å². The highest BCUT2D eigenvalue weighted by Crippen LogP contribution is 2.08. The molecule has 1 aliphatic heterocycles. The van der Waals surface area contributed by atoms with Gasteiger partial charge in [0.15, 0.2) is 6.73 Å². The van der Waals surface area contributed by atoms with Gasteiger partial charge in [0, 0.05) is 30.9 Å². The van der Waals surface area contributed by atoms with Crippen LogP contribution in [0.15, 0.2) is 87.2 Å². The number of ether oxygens (including phenoxy) is 1. The number of fused-ring (bicyclic) bond motifs is 1. The fourth-order valence-corrected chi connectivity index (χ4v) is 1.89. The molecule has 27 heavy (non-hydrogen) atoms. The third kappa shape index (κ3) is 7.70. The largest absolute Gasteiger partial charge is 0.479 e. The van der Waals surface area contributed by atoms with E-state index in [0.717, 1.165) is 11.1 Å². The van der Waals surface area contributed by atoms with Crippen molar-refractivity contribution in [1.82, 2.24) is 0 Å². The SMILES string of the molecule is NC(=O)C1=NC=CN=CN=CC=CC=Cc2ccccc2C=NCOC=C1. The van der Waals surface area contributed by atoms with Crippen LogP contribution in [0.3, 0.4) is 0 Å². The number of primary amides is 1. The van der Waals surface area contributed by atoms with Crippen molar-refractivity contribution in [3.63, 3.8) is 0 Å². The van der Waals surface area contributed by atoms with Gasteiger partial charge < -0.3 is 10.5 Å². The minimum absolute atomic E-state index is 0.0294. The first-order valence-corrected chi connectivity index (χ1v) is 8.05. The number of rotatable bonds is 1. The molecule has 0 aliphatic carbocycles. The van der Waals surface area contributed by atoms with Crippen LogP contribution in [-0.2, 0) is 9.53 Å². The summed E-state index contributed by atoms with van der Waals surface area (Å²) in [4.78, 5) is 27.3. The van der Waals surface area contributed by atoms with Crippen LogP contribution in [0, 0.1) is 0 Å². The van der Waals surface area contributed by atoms with E-state index in [-0.39, 0.29) is 12.4 Å². The predicted molar refractivity (Wildman–Crippen MR) is 110 cm³/mol. The summed E-state index contributed by atoms with van der Waals surface area (Å²) in [5.74, 6) is -0.682. The van der Waals surface area contributed by atoms with Gasteiger partial charge in [0.1, 0.15) is 12.1 Å². The molecule has 136 valence electrons. The molecule has 1 heterocycles. The Morgan fingerprint density at radius 3 is 2.70 bits per heavy atom. The Morgan fingerprint density at radius 2 is 1.85 bits per heavy atom. The molecular formula is C20H19N5O2. The van der Waals surface area contributed by atoms with E-state index in [1.807, 2.05) is 42.5 Å². The highest BCUT2D eigenvalue weighted by atomic mass is 16.5. The van der Waals surface area contributed by atoms with E-state index in [2.05, 4.69) is 20.0 Å². The van der Waals surface area contributed by atoms with E-state index in [1.54, 1.807) is 18.5 Å². The molecule has 1 amide bonds. The van der Waals surface area contributed by atoms with Gasteiger partial charge in [-0.3, -0.25) is 9.79 Å². The van der Waals surface area contributed by atoms with Gasteiger partial charge in [-0.2, -0.15) is 0 Å². The maximum Gasteiger partial charge on any atom is 0.267 e. The number of carbonyl (C=O) groups is 1. The molecule has 1 aromatic rings. The van der Waals surface area contributed by atoms with Crippen molar-refractivity contribution in [2.45, 2.75) is 0 Å². The number of nitrogens with zero attached hydrogens (tertiary/aromatic N) is 4. The number of carbonyl (C=O) groups excluding carboxylic acids is 1. The number of hydrogen-bond donors (Lipinski definition) is 1. The normalized spacial score (nSPS) is 15.0. The monoisotopic (exact) mass is 361 g/mol. The van der Waals surface area contributed by atoms with E-state index >= 15 is 0 Å². The zero-order chi connectivity index (χ0) is 19.2. The van der Waals surface area contributed by atoms with Crippen molar-refractivity contribution in [3.05, 3.63) is 78.4 Å². The Balaban J connectivity index is 2.22. The summed E-state index contributed by atoms with van der Waals surface area (Å²) < 4.78 is 5.24. The maximum atomic E-state index is 11.3. The number of hydrogen-bond acceptors (Lipinski definition) is 6. The van der Waals surface area contributed by atoms with Crippen molar-refractivity contribution in [2.24, 2.45) is 25.7 Å². The van der Waals surface area contributed by atoms with Crippen molar-refractivity contribution in [2.75, 3.05) is 6.73 Å². The summed E-state index contributed by atoms with van der Waals surface area (Å²) in [6, 6.07) is 7.83. The molecule has 0 spiro atoms. The molecule has 2 N–H and O–H groups in total. The lowest BCUT2D eigenvalue weighted by atomic mass is 10.1. The molecule has 0 saturated heterocycles. The van der Waals surface area contributed by atoms with Crippen LogP contribution in [0.4, 0.5) is 0 Å². The molecule has 1 aromatic carbocycles. The molecule has 7 nitrogen and oxygen atoms in total. The van der Waals surface area contributed by atoms with Gasteiger partial charge in [-0.15, -0.1) is 0 Å². The van der Waals surface area contributed by atoms with Crippen LogP contribution in [0.1, 0.15) is 11.1 Å². The summed E-state index contributed by atoms with van der Waals surface area (Å²) in [6.45, 7) is 0.0943. The number of amides is 1. The van der Waals surface area contributed by atoms with E-state index in [4.69, 9.17) is 10.5 Å². The molecule has 1 aliphatic rings. The highest BCUT2D eigenvalue weighted by Gasteiger charge is 2.00. The van der Waals surface area contributed by atoms with Gasteiger partial charge in [0.05, 0.1) is 6.26 Å². The third-order valence-corrected chi connectivity index (χ3v) is 3.12. The summed E-state index contributed by atoms with van der Waals surface area (Å²) >= 11 is 0. The molecule has 2 rings (SSSR count). The van der Waals surface area contributed by atoms with E-state index in [9.17, 15) is 4.79 Å². The lowest BCUT2D eigenvalue weighted by Crippen LogP contribution is -2.21. The molecule has 0 fully saturated rings. The summed E-state index contributed by atoms with van der Waals surface area (Å²) in [7, 11) is 0. The van der Waals surface area contributed by atoms with Crippen LogP contribution in [0.5, 0.6) is 0 Å². The second kappa shape index (κ2) is 11.6. The zero-order valence-electron chi connectivity index (χ0n) is 14.6. The van der Waals surface area contributed by atoms with Gasteiger partial charge >= 0.3 is 0 Å². The van der Waals surface area contributed by atoms with Gasteiger partial charge in [0.2, 0.25) is 0 Å². The molecule has 7 heteroatoms.